The molecule has 0 bridgehead atoms. The first-order valence-electron chi connectivity index (χ1n) is 8.67. The average Bonchev–Trinajstić information content (AvgIpc) is 3.20. The van der Waals surface area contributed by atoms with Crippen molar-refractivity contribution >= 4 is 11.6 Å². The number of para-hydroxylation sites is 1. The van der Waals surface area contributed by atoms with E-state index in [2.05, 4.69) is 58.6 Å². The summed E-state index contributed by atoms with van der Waals surface area (Å²) >= 11 is 0. The maximum Gasteiger partial charge on any atom is 0.224 e. The van der Waals surface area contributed by atoms with Crippen LogP contribution in [0.1, 0.15) is 17.0 Å². The minimum absolute atomic E-state index is 0.0410. The van der Waals surface area contributed by atoms with E-state index in [1.165, 1.54) is 11.3 Å². The van der Waals surface area contributed by atoms with Gasteiger partial charge in [-0.1, -0.05) is 18.2 Å². The lowest BCUT2D eigenvalue weighted by atomic mass is 9.90. The highest BCUT2D eigenvalue weighted by molar-refractivity contribution is 5.80. The van der Waals surface area contributed by atoms with Crippen molar-refractivity contribution in [2.24, 2.45) is 13.0 Å². The smallest absolute Gasteiger partial charge is 0.224 e. The number of carbonyl (C=O) groups excluding carboxylic acids is 1. The molecule has 0 aliphatic carbocycles. The summed E-state index contributed by atoms with van der Waals surface area (Å²) in [4.78, 5) is 16.9. The molecule has 1 aromatic carbocycles. The second kappa shape index (κ2) is 7.27. The first-order chi connectivity index (χ1) is 12.0. The van der Waals surface area contributed by atoms with Crippen LogP contribution in [0.25, 0.3) is 0 Å². The van der Waals surface area contributed by atoms with Crippen LogP contribution < -0.4 is 10.2 Å². The number of anilines is 1. The zero-order valence-electron chi connectivity index (χ0n) is 15.4. The SMILES string of the molecule is CNC(=O)[C@H]1CN(Cc2ccccc2N(C)C)C[C@@H]1c1cnn(C)c1. The molecule has 1 fully saturated rings. The first-order valence-corrected chi connectivity index (χ1v) is 8.67. The molecule has 0 radical (unpaired) electrons. The Morgan fingerprint density at radius 2 is 2.08 bits per heavy atom. The zero-order chi connectivity index (χ0) is 18.0. The van der Waals surface area contributed by atoms with Crippen molar-refractivity contribution in [1.29, 1.82) is 0 Å². The topological polar surface area (TPSA) is 53.4 Å². The number of hydrogen-bond donors (Lipinski definition) is 1. The number of carbonyl (C=O) groups is 1. The zero-order valence-corrected chi connectivity index (χ0v) is 15.4. The molecule has 2 aromatic rings. The van der Waals surface area contributed by atoms with E-state index < -0.39 is 0 Å². The number of nitrogens with zero attached hydrogens (tertiary/aromatic N) is 4. The summed E-state index contributed by atoms with van der Waals surface area (Å²) in [6, 6.07) is 8.45. The van der Waals surface area contributed by atoms with Gasteiger partial charge in [0.05, 0.1) is 12.1 Å². The summed E-state index contributed by atoms with van der Waals surface area (Å²) in [6.45, 7) is 2.48. The summed E-state index contributed by atoms with van der Waals surface area (Å²) < 4.78 is 1.81. The quantitative estimate of drug-likeness (QED) is 0.894. The minimum atomic E-state index is -0.0410. The van der Waals surface area contributed by atoms with Crippen LogP contribution in [0.3, 0.4) is 0 Å². The van der Waals surface area contributed by atoms with Crippen LogP contribution in [0.5, 0.6) is 0 Å². The summed E-state index contributed by atoms with van der Waals surface area (Å²) in [5, 5.41) is 7.11. The number of hydrogen-bond acceptors (Lipinski definition) is 4. The minimum Gasteiger partial charge on any atom is -0.377 e. The molecule has 0 spiro atoms. The van der Waals surface area contributed by atoms with Crippen molar-refractivity contribution in [3.05, 3.63) is 47.8 Å². The lowest BCUT2D eigenvalue weighted by Crippen LogP contribution is -2.32. The Kier molecular flexibility index (Phi) is 5.08. The van der Waals surface area contributed by atoms with E-state index in [0.717, 1.165) is 25.2 Å². The molecule has 0 saturated carbocycles. The van der Waals surface area contributed by atoms with Gasteiger partial charge in [-0.2, -0.15) is 5.10 Å². The molecule has 1 aliphatic rings. The molecular weight excluding hydrogens is 314 g/mol. The maximum atomic E-state index is 12.4. The number of rotatable bonds is 5. The Morgan fingerprint density at radius 3 is 2.72 bits per heavy atom. The number of aromatic nitrogens is 2. The Morgan fingerprint density at radius 1 is 1.32 bits per heavy atom. The van der Waals surface area contributed by atoms with E-state index in [1.54, 1.807) is 11.7 Å². The lowest BCUT2D eigenvalue weighted by Gasteiger charge is -2.21. The Hall–Kier alpha value is -2.34. The fraction of sp³-hybridized carbons (Fsp3) is 0.474. The highest BCUT2D eigenvalue weighted by Gasteiger charge is 2.38. The number of benzene rings is 1. The molecular formula is C19H27N5O. The van der Waals surface area contributed by atoms with Crippen LogP contribution in [-0.2, 0) is 18.4 Å². The van der Waals surface area contributed by atoms with Crippen LogP contribution in [0.15, 0.2) is 36.7 Å². The molecule has 6 nitrogen and oxygen atoms in total. The summed E-state index contributed by atoms with van der Waals surface area (Å²) in [5.41, 5.74) is 3.65. The van der Waals surface area contributed by atoms with E-state index in [0.29, 0.717) is 0 Å². The third kappa shape index (κ3) is 3.69. The molecule has 25 heavy (non-hydrogen) atoms. The van der Waals surface area contributed by atoms with Gasteiger partial charge in [0.25, 0.3) is 0 Å². The molecule has 134 valence electrons. The van der Waals surface area contributed by atoms with Gasteiger partial charge in [0.15, 0.2) is 0 Å². The van der Waals surface area contributed by atoms with Gasteiger partial charge >= 0.3 is 0 Å². The lowest BCUT2D eigenvalue weighted by molar-refractivity contribution is -0.124. The van der Waals surface area contributed by atoms with Gasteiger partial charge in [0.2, 0.25) is 5.91 Å². The van der Waals surface area contributed by atoms with E-state index in [4.69, 9.17) is 0 Å². The van der Waals surface area contributed by atoms with Crippen molar-refractivity contribution in [3.63, 3.8) is 0 Å². The van der Waals surface area contributed by atoms with E-state index in [-0.39, 0.29) is 17.7 Å². The Labute approximate surface area is 149 Å². The van der Waals surface area contributed by atoms with Crippen LogP contribution in [0.4, 0.5) is 5.69 Å². The van der Waals surface area contributed by atoms with Crippen molar-refractivity contribution in [1.82, 2.24) is 20.0 Å². The van der Waals surface area contributed by atoms with Gasteiger partial charge in [0, 0.05) is 65.6 Å². The van der Waals surface area contributed by atoms with Crippen molar-refractivity contribution in [3.8, 4) is 0 Å². The number of amides is 1. The molecule has 3 rings (SSSR count). The van der Waals surface area contributed by atoms with Gasteiger partial charge in [-0.3, -0.25) is 14.4 Å². The van der Waals surface area contributed by atoms with E-state index in [1.807, 2.05) is 19.4 Å². The summed E-state index contributed by atoms with van der Waals surface area (Å²) in [5.74, 6) is 0.248. The van der Waals surface area contributed by atoms with Gasteiger partial charge in [-0.15, -0.1) is 0 Å². The third-order valence-electron chi connectivity index (χ3n) is 5.00. The van der Waals surface area contributed by atoms with E-state index >= 15 is 0 Å². The van der Waals surface area contributed by atoms with Gasteiger partial charge in [-0.05, 0) is 17.2 Å². The van der Waals surface area contributed by atoms with Gasteiger partial charge in [0.1, 0.15) is 0 Å². The fourth-order valence-electron chi connectivity index (χ4n) is 3.76. The maximum absolute atomic E-state index is 12.4. The highest BCUT2D eigenvalue weighted by atomic mass is 16.1. The molecule has 2 heterocycles. The predicted octanol–water partition coefficient (Wildman–Crippen LogP) is 1.45. The standard InChI is InChI=1S/C19H27N5O/c1-20-19(25)17-13-24(12-16(17)15-9-21-23(4)10-15)11-14-7-5-6-8-18(14)22(2)3/h5-10,16-17H,11-13H2,1-4H3,(H,20,25)/t16-,17+/m1/s1. The monoisotopic (exact) mass is 341 g/mol. The van der Waals surface area contributed by atoms with Crippen LogP contribution in [0, 0.1) is 5.92 Å². The third-order valence-corrected chi connectivity index (χ3v) is 5.00. The predicted molar refractivity (Wildman–Crippen MR) is 99.6 cm³/mol. The molecule has 1 aliphatic heterocycles. The van der Waals surface area contributed by atoms with Crippen molar-refractivity contribution in [2.45, 2.75) is 12.5 Å². The normalized spacial score (nSPS) is 20.6. The van der Waals surface area contributed by atoms with Crippen LogP contribution in [0.2, 0.25) is 0 Å². The van der Waals surface area contributed by atoms with Crippen LogP contribution >= 0.6 is 0 Å². The number of nitrogens with one attached hydrogen (secondary N) is 1. The van der Waals surface area contributed by atoms with E-state index in [9.17, 15) is 4.79 Å². The van der Waals surface area contributed by atoms with Gasteiger partial charge in [-0.25, -0.2) is 0 Å². The van der Waals surface area contributed by atoms with Crippen molar-refractivity contribution < 1.29 is 4.79 Å². The van der Waals surface area contributed by atoms with Crippen LogP contribution in [-0.4, -0.2) is 54.8 Å². The summed E-state index contributed by atoms with van der Waals surface area (Å²) in [6.07, 6.45) is 3.91. The first kappa shape index (κ1) is 17.5. The second-order valence-electron chi connectivity index (χ2n) is 6.99. The molecule has 1 saturated heterocycles. The largest absolute Gasteiger partial charge is 0.377 e. The number of likely N-dealkylation sites (tertiary alicyclic amines) is 1. The second-order valence-corrected chi connectivity index (χ2v) is 6.99. The average molecular weight is 341 g/mol. The molecule has 1 amide bonds. The molecule has 1 N–H and O–H groups in total. The number of aryl methyl sites for hydroxylation is 1. The fourth-order valence-corrected chi connectivity index (χ4v) is 3.76. The van der Waals surface area contributed by atoms with Crippen molar-refractivity contribution in [2.75, 3.05) is 39.1 Å². The molecule has 2 atom stereocenters. The van der Waals surface area contributed by atoms with Gasteiger partial charge < -0.3 is 10.2 Å². The highest BCUT2D eigenvalue weighted by Crippen LogP contribution is 2.34. The Bertz CT molecular complexity index is 739. The molecule has 1 aromatic heterocycles. The Balaban J connectivity index is 1.81. The molecule has 6 heteroatoms. The summed E-state index contributed by atoms with van der Waals surface area (Å²) in [7, 11) is 7.76. The molecule has 0 unspecified atom stereocenters.